The molecule has 6 atom stereocenters. The minimum Gasteiger partial charge on any atom is -0.424 e. The number of aliphatic hydroxyl groups is 2. The van der Waals surface area contributed by atoms with Gasteiger partial charge in [0.2, 0.25) is 0 Å². The molecule has 0 amide bonds. The number of hydrogen-bond acceptors (Lipinski definition) is 20. The first-order valence-corrected chi connectivity index (χ1v) is 38.7. The maximum atomic E-state index is 11.0. The van der Waals surface area contributed by atoms with E-state index < -0.39 is 0 Å². The molecule has 0 aliphatic carbocycles. The Hall–Kier alpha value is -3.33. The van der Waals surface area contributed by atoms with Crippen molar-refractivity contribution in [2.24, 2.45) is 22.9 Å². The van der Waals surface area contributed by atoms with E-state index in [0.29, 0.717) is 36.3 Å². The summed E-state index contributed by atoms with van der Waals surface area (Å²) in [6.45, 7) is 26.3. The van der Waals surface area contributed by atoms with Gasteiger partial charge in [-0.15, -0.1) is 47.0 Å². The third kappa shape index (κ3) is 20.9. The Kier molecular flexibility index (Phi) is 32.3. The van der Waals surface area contributed by atoms with Crippen LogP contribution in [0.4, 0.5) is 0 Å². The van der Waals surface area contributed by atoms with Crippen LogP contribution in [-0.4, -0.2) is 111 Å². The Labute approximate surface area is 587 Å². The van der Waals surface area contributed by atoms with E-state index in [2.05, 4.69) is 152 Å². The van der Waals surface area contributed by atoms with Gasteiger partial charge in [-0.3, -0.25) is 9.59 Å². The number of carbonyl (C=O) groups is 2. The molecule has 0 saturated heterocycles. The number of Topliss-reactive ketones (excluding diaryl/α,β-unsaturated/α-hetero) is 2. The molecule has 94 heavy (non-hydrogen) atoms. The van der Waals surface area contributed by atoms with Crippen molar-refractivity contribution < 1.29 is 47.7 Å². The van der Waals surface area contributed by atoms with Gasteiger partial charge in [-0.25, -0.2) is 0 Å². The lowest BCUT2D eigenvalue weighted by Crippen LogP contribution is -2.24. The van der Waals surface area contributed by atoms with Crippen molar-refractivity contribution in [1.82, 2.24) is 0 Å². The predicted octanol–water partition coefficient (Wildman–Crippen LogP) is 10.5. The van der Waals surface area contributed by atoms with Gasteiger partial charge in [-0.2, -0.15) is 0 Å². The Balaban J connectivity index is 0.000000160. The van der Waals surface area contributed by atoms with Crippen LogP contribution in [0.25, 0.3) is 0 Å². The highest BCUT2D eigenvalue weighted by Crippen LogP contribution is 2.34. The first-order chi connectivity index (χ1) is 45.3. The predicted molar refractivity (Wildman–Crippen MR) is 407 cm³/mol. The Morgan fingerprint density at radius 1 is 0.351 bits per heavy atom. The second kappa shape index (κ2) is 38.9. The lowest BCUT2D eigenvalue weighted by Gasteiger charge is -2.09. The molecule has 0 radical (unpaired) electrons. The van der Waals surface area contributed by atoms with Gasteiger partial charge in [-0.1, -0.05) is 165 Å². The van der Waals surface area contributed by atoms with Crippen molar-refractivity contribution in [3.8, 4) is 0 Å². The van der Waals surface area contributed by atoms with E-state index >= 15 is 0 Å². The van der Waals surface area contributed by atoms with Crippen molar-refractivity contribution in [2.75, 3.05) is 48.2 Å². The van der Waals surface area contributed by atoms with E-state index in [1.54, 1.807) is 60.9 Å². The zero-order valence-electron chi connectivity index (χ0n) is 56.7. The fourth-order valence-electron chi connectivity index (χ4n) is 12.4. The fraction of sp³-hybridized carbons (Fsp3) is 0.441. The van der Waals surface area contributed by atoms with E-state index in [4.69, 9.17) is 61.1 Å². The van der Waals surface area contributed by atoms with E-state index in [0.717, 1.165) is 45.3 Å². The zero-order valence-corrected chi connectivity index (χ0v) is 61.6. The molecular formula is C68H94B6N4O10S6. The van der Waals surface area contributed by atoms with Crippen molar-refractivity contribution >= 4 is 156 Å². The first kappa shape index (κ1) is 78.0. The second-order valence-electron chi connectivity index (χ2n) is 23.6. The number of hydrogen-bond donors (Lipinski definition) is 6. The third-order valence-corrected chi connectivity index (χ3v) is 22.2. The maximum Gasteiger partial charge on any atom is 0.324 e. The van der Waals surface area contributed by atoms with Crippen LogP contribution in [0.3, 0.4) is 0 Å². The molecule has 6 aromatic carbocycles. The third-order valence-electron chi connectivity index (χ3n) is 17.0. The minimum atomic E-state index is 0.0202. The molecular weight excluding hydrogens is 1290 g/mol. The smallest absolute Gasteiger partial charge is 0.324 e. The van der Waals surface area contributed by atoms with E-state index in [1.807, 2.05) is 25.8 Å². The molecule has 0 unspecified atom stereocenters. The number of aliphatic hydroxyl groups excluding tert-OH is 2. The van der Waals surface area contributed by atoms with Crippen LogP contribution in [0.5, 0.6) is 0 Å². The van der Waals surface area contributed by atoms with Crippen LogP contribution < -0.4 is 55.7 Å². The standard InChI is InChI=1S/2C12H16BNO2S.2C11H16BNOS.2C11H15BO2S/c2*1-8(15)7-17-9-3-4-10-11(5-9)13(2)16-12(10)6-14;4*1-3-11-9-5-4-8(15-7-13)6-10(9)12(2)14-11/h2*3-5,12H,6-7,14H2,1-2H3;2*4-6,11H,3,7,13H2,1-2H3;2*4-6,11,13H,3,7H2,1-2H3/t2*12-;4*11-/m101010/s1. The van der Waals surface area contributed by atoms with Crippen LogP contribution in [-0.2, 0) is 37.5 Å². The highest BCUT2D eigenvalue weighted by Gasteiger charge is 2.36. The van der Waals surface area contributed by atoms with Crippen LogP contribution in [0, 0.1) is 0 Å². The molecule has 6 heterocycles. The summed E-state index contributed by atoms with van der Waals surface area (Å²) in [5.74, 6) is 2.95. The summed E-state index contributed by atoms with van der Waals surface area (Å²) in [6.07, 6.45) is 5.23. The molecule has 0 fully saturated rings. The monoisotopic (exact) mass is 1380 g/mol. The topological polar surface area (TPSA) is 234 Å². The molecule has 0 aromatic heterocycles. The number of thioether (sulfide) groups is 6. The molecule has 26 heteroatoms. The summed E-state index contributed by atoms with van der Waals surface area (Å²) >= 11 is 9.39. The molecule has 0 saturated carbocycles. The van der Waals surface area contributed by atoms with Crippen molar-refractivity contribution in [3.63, 3.8) is 0 Å². The molecule has 12 rings (SSSR count). The largest absolute Gasteiger partial charge is 0.424 e. The average molecular weight is 1380 g/mol. The number of nitrogens with two attached hydrogens (primary N) is 4. The molecule has 500 valence electrons. The number of rotatable bonds is 20. The van der Waals surface area contributed by atoms with Crippen LogP contribution in [0.1, 0.15) is 137 Å². The van der Waals surface area contributed by atoms with Gasteiger partial charge in [-0.05, 0) is 142 Å². The molecule has 6 aliphatic rings. The summed E-state index contributed by atoms with van der Waals surface area (Å²) < 4.78 is 35.0. The molecule has 14 nitrogen and oxygen atoms in total. The van der Waals surface area contributed by atoms with E-state index in [-0.39, 0.29) is 102 Å². The van der Waals surface area contributed by atoms with Gasteiger partial charge in [0.05, 0.1) is 60.0 Å². The SMILES string of the molecule is CB1O[C@@H](CN)c2ccc(SCC(C)=O)cc21.CB1O[C@H](CN)c2ccc(SCC(C)=O)cc21.CC[C@@H]1OB(C)c2cc(SCN)ccc21.CC[C@@H]1OB(C)c2cc(SCO)ccc21.CC[C@H]1OB(C)c2cc(SCN)ccc21.CC[C@H]1OB(C)c2cc(SCO)ccc21. The number of fused-ring (bicyclic) bond motifs is 6. The lowest BCUT2D eigenvalue weighted by atomic mass is 9.64. The zero-order chi connectivity index (χ0) is 68.2. The van der Waals surface area contributed by atoms with Gasteiger partial charge < -0.3 is 61.1 Å². The van der Waals surface area contributed by atoms with Crippen LogP contribution in [0.15, 0.2) is 139 Å². The van der Waals surface area contributed by atoms with Crippen LogP contribution in [0.2, 0.25) is 40.9 Å². The average Bonchev–Trinajstić information content (AvgIpc) is 1.74. The maximum absolute atomic E-state index is 11.0. The van der Waals surface area contributed by atoms with Gasteiger partial charge in [0, 0.05) is 54.2 Å². The van der Waals surface area contributed by atoms with Gasteiger partial charge >= 0.3 is 41.5 Å². The fourth-order valence-corrected chi connectivity index (χ4v) is 16.1. The Morgan fingerprint density at radius 3 is 0.745 bits per heavy atom. The van der Waals surface area contributed by atoms with E-state index in [9.17, 15) is 9.59 Å². The second-order valence-corrected chi connectivity index (χ2v) is 29.9. The van der Waals surface area contributed by atoms with Gasteiger partial charge in [0.15, 0.2) is 0 Å². The first-order valence-electron chi connectivity index (χ1n) is 32.8. The number of ketones is 2. The summed E-state index contributed by atoms with van der Waals surface area (Å²) in [5.41, 5.74) is 37.7. The Morgan fingerprint density at radius 2 is 0.553 bits per heavy atom. The molecule has 6 aliphatic heterocycles. The van der Waals surface area contributed by atoms with Crippen molar-refractivity contribution in [2.45, 2.75) is 174 Å². The molecule has 6 aromatic rings. The Bertz CT molecular complexity index is 3090. The summed E-state index contributed by atoms with van der Waals surface area (Å²) in [6, 6.07) is 38.2. The summed E-state index contributed by atoms with van der Waals surface area (Å²) in [7, 11) is 0. The minimum absolute atomic E-state index is 0.0202. The highest BCUT2D eigenvalue weighted by molar-refractivity contribution is 8.00. The molecule has 0 bridgehead atoms. The van der Waals surface area contributed by atoms with Crippen molar-refractivity contribution in [1.29, 1.82) is 0 Å². The van der Waals surface area contributed by atoms with Gasteiger partial charge in [0.1, 0.15) is 11.6 Å². The number of benzene rings is 6. The summed E-state index contributed by atoms with van der Waals surface area (Å²) in [4.78, 5) is 28.8. The quantitative estimate of drug-likeness (QED) is 0.0237. The normalized spacial score (nSPS) is 19.0. The van der Waals surface area contributed by atoms with Crippen LogP contribution >= 0.6 is 70.6 Å². The summed E-state index contributed by atoms with van der Waals surface area (Å²) in [5, 5.41) is 17.7. The molecule has 0 spiro atoms. The van der Waals surface area contributed by atoms with Gasteiger partial charge in [0.25, 0.3) is 0 Å². The van der Waals surface area contributed by atoms with E-state index in [1.165, 1.54) is 99.5 Å². The lowest BCUT2D eigenvalue weighted by molar-refractivity contribution is -0.115. The van der Waals surface area contributed by atoms with Crippen molar-refractivity contribution in [3.05, 3.63) is 143 Å². The highest BCUT2D eigenvalue weighted by atomic mass is 32.2. The number of carbonyl (C=O) groups excluding carboxylic acids is 2. The molecule has 10 N–H and O–H groups in total.